The van der Waals surface area contributed by atoms with Crippen molar-refractivity contribution in [3.05, 3.63) is 101 Å². The lowest BCUT2D eigenvalue weighted by molar-refractivity contribution is 0.102. The molecule has 1 aromatic heterocycles. The molecule has 0 unspecified atom stereocenters. The Bertz CT molecular complexity index is 1230. The summed E-state index contributed by atoms with van der Waals surface area (Å²) in [6.07, 6.45) is 1.71. The maximum atomic E-state index is 13.1. The van der Waals surface area contributed by atoms with Crippen LogP contribution < -0.4 is 10.7 Å². The second-order valence-electron chi connectivity index (χ2n) is 7.13. The van der Waals surface area contributed by atoms with E-state index in [-0.39, 0.29) is 5.91 Å². The van der Waals surface area contributed by atoms with Gasteiger partial charge in [-0.25, -0.2) is 4.98 Å². The molecule has 0 fully saturated rings. The number of rotatable bonds is 5. The second kappa shape index (κ2) is 8.57. The van der Waals surface area contributed by atoms with Gasteiger partial charge in [0.1, 0.15) is 5.82 Å². The number of aromatic nitrogens is 1. The van der Waals surface area contributed by atoms with Crippen molar-refractivity contribution in [1.29, 1.82) is 0 Å². The fourth-order valence-electron chi connectivity index (χ4n) is 3.28. The first kappa shape index (κ1) is 19.3. The molecule has 0 saturated carbocycles. The zero-order valence-corrected chi connectivity index (χ0v) is 16.9. The van der Waals surface area contributed by atoms with Gasteiger partial charge in [-0.3, -0.25) is 10.2 Å². The third-order valence-electron chi connectivity index (χ3n) is 4.78. The number of para-hydroxylation sites is 1. The summed E-state index contributed by atoms with van der Waals surface area (Å²) in [5, 5.41) is 8.07. The number of benzene rings is 3. The zero-order chi connectivity index (χ0) is 20.9. The maximum absolute atomic E-state index is 13.1. The SMILES string of the molecule is Cc1ccc(NC(=O)c2cc(N/N=C/c3ccccc3)nc3ccccc23)c(C)c1. The number of pyridine rings is 1. The number of hydrazone groups is 1. The van der Waals surface area contributed by atoms with E-state index < -0.39 is 0 Å². The van der Waals surface area contributed by atoms with E-state index in [2.05, 4.69) is 20.8 Å². The number of hydrogen-bond donors (Lipinski definition) is 2. The van der Waals surface area contributed by atoms with E-state index in [0.29, 0.717) is 11.4 Å². The van der Waals surface area contributed by atoms with Crippen molar-refractivity contribution in [2.24, 2.45) is 5.10 Å². The number of nitrogens with one attached hydrogen (secondary N) is 2. The van der Waals surface area contributed by atoms with Crippen LogP contribution in [0.15, 0.2) is 84.0 Å². The molecule has 4 aromatic rings. The van der Waals surface area contributed by atoms with Crippen molar-refractivity contribution in [3.63, 3.8) is 0 Å². The molecular formula is C25H22N4O. The first-order valence-electron chi connectivity index (χ1n) is 9.73. The van der Waals surface area contributed by atoms with Gasteiger partial charge in [-0.15, -0.1) is 0 Å². The lowest BCUT2D eigenvalue weighted by atomic mass is 10.1. The molecule has 0 aliphatic rings. The molecule has 1 heterocycles. The van der Waals surface area contributed by atoms with Crippen LogP contribution in [0.5, 0.6) is 0 Å². The van der Waals surface area contributed by atoms with Crippen molar-refractivity contribution in [2.45, 2.75) is 13.8 Å². The van der Waals surface area contributed by atoms with E-state index in [4.69, 9.17) is 0 Å². The average molecular weight is 394 g/mol. The van der Waals surface area contributed by atoms with Crippen molar-refractivity contribution in [1.82, 2.24) is 4.98 Å². The molecule has 3 aromatic carbocycles. The van der Waals surface area contributed by atoms with E-state index in [1.165, 1.54) is 0 Å². The summed E-state index contributed by atoms with van der Waals surface area (Å²) in [7, 11) is 0. The highest BCUT2D eigenvalue weighted by molar-refractivity contribution is 6.13. The quantitative estimate of drug-likeness (QED) is 0.344. The van der Waals surface area contributed by atoms with Gasteiger partial charge in [-0.1, -0.05) is 66.2 Å². The van der Waals surface area contributed by atoms with Crippen LogP contribution in [0, 0.1) is 13.8 Å². The highest BCUT2D eigenvalue weighted by atomic mass is 16.1. The van der Waals surface area contributed by atoms with E-state index >= 15 is 0 Å². The van der Waals surface area contributed by atoms with Crippen LogP contribution in [-0.4, -0.2) is 17.1 Å². The molecule has 0 saturated heterocycles. The van der Waals surface area contributed by atoms with Crippen LogP contribution in [0.3, 0.4) is 0 Å². The molecule has 0 radical (unpaired) electrons. The molecule has 1 amide bonds. The minimum absolute atomic E-state index is 0.185. The summed E-state index contributed by atoms with van der Waals surface area (Å²) in [6, 6.07) is 25.0. The van der Waals surface area contributed by atoms with E-state index in [1.54, 1.807) is 12.3 Å². The number of hydrogen-bond acceptors (Lipinski definition) is 4. The van der Waals surface area contributed by atoms with Gasteiger partial charge in [0.15, 0.2) is 0 Å². The fourth-order valence-corrected chi connectivity index (χ4v) is 3.28. The van der Waals surface area contributed by atoms with Crippen LogP contribution in [0.2, 0.25) is 0 Å². The van der Waals surface area contributed by atoms with Gasteiger partial charge in [-0.05, 0) is 43.2 Å². The summed E-state index contributed by atoms with van der Waals surface area (Å²) < 4.78 is 0. The molecule has 4 rings (SSSR count). The minimum atomic E-state index is -0.185. The van der Waals surface area contributed by atoms with Crippen LogP contribution in [-0.2, 0) is 0 Å². The summed E-state index contributed by atoms with van der Waals surface area (Å²) in [6.45, 7) is 4.02. The Morgan fingerprint density at radius 3 is 2.50 bits per heavy atom. The Hall–Kier alpha value is -3.99. The zero-order valence-electron chi connectivity index (χ0n) is 16.9. The predicted molar refractivity (Wildman–Crippen MR) is 123 cm³/mol. The first-order valence-corrected chi connectivity index (χ1v) is 9.73. The van der Waals surface area contributed by atoms with E-state index in [9.17, 15) is 4.79 Å². The Labute approximate surface area is 175 Å². The standard InChI is InChI=1S/C25H22N4O/c1-17-12-13-22(18(2)14-17)28-25(30)21-15-24(27-23-11-7-6-10-20(21)23)29-26-16-19-8-4-3-5-9-19/h3-16H,1-2H3,(H,27,29)(H,28,30)/b26-16+. The summed E-state index contributed by atoms with van der Waals surface area (Å²) >= 11 is 0. The topological polar surface area (TPSA) is 66.4 Å². The molecule has 5 heteroatoms. The maximum Gasteiger partial charge on any atom is 0.256 e. The van der Waals surface area contributed by atoms with Crippen molar-refractivity contribution in [3.8, 4) is 0 Å². The van der Waals surface area contributed by atoms with Gasteiger partial charge in [-0.2, -0.15) is 5.10 Å². The largest absolute Gasteiger partial charge is 0.322 e. The number of aryl methyl sites for hydroxylation is 2. The van der Waals surface area contributed by atoms with E-state index in [0.717, 1.165) is 33.3 Å². The number of fused-ring (bicyclic) bond motifs is 1. The smallest absolute Gasteiger partial charge is 0.256 e. The predicted octanol–water partition coefficient (Wildman–Crippen LogP) is 5.55. The second-order valence-corrected chi connectivity index (χ2v) is 7.13. The number of anilines is 2. The van der Waals surface area contributed by atoms with Gasteiger partial charge in [0, 0.05) is 11.1 Å². The van der Waals surface area contributed by atoms with Crippen LogP contribution >= 0.6 is 0 Å². The van der Waals surface area contributed by atoms with Gasteiger partial charge in [0.2, 0.25) is 0 Å². The van der Waals surface area contributed by atoms with Gasteiger partial charge in [0.25, 0.3) is 5.91 Å². The monoisotopic (exact) mass is 394 g/mol. The molecule has 2 N–H and O–H groups in total. The lowest BCUT2D eigenvalue weighted by Gasteiger charge is -2.12. The summed E-state index contributed by atoms with van der Waals surface area (Å²) in [5.41, 5.74) is 8.15. The number of carbonyl (C=O) groups is 1. The molecule has 148 valence electrons. The van der Waals surface area contributed by atoms with Crippen LogP contribution in [0.1, 0.15) is 27.0 Å². The minimum Gasteiger partial charge on any atom is -0.322 e. The van der Waals surface area contributed by atoms with Crippen molar-refractivity contribution >= 4 is 34.5 Å². The lowest BCUT2D eigenvalue weighted by Crippen LogP contribution is -2.14. The average Bonchev–Trinajstić information content (AvgIpc) is 2.76. The highest BCUT2D eigenvalue weighted by Gasteiger charge is 2.14. The molecule has 30 heavy (non-hydrogen) atoms. The molecule has 0 aliphatic heterocycles. The normalized spacial score (nSPS) is 11.0. The number of carbonyl (C=O) groups excluding carboxylic acids is 1. The Morgan fingerprint density at radius 1 is 0.933 bits per heavy atom. The molecule has 5 nitrogen and oxygen atoms in total. The highest BCUT2D eigenvalue weighted by Crippen LogP contribution is 2.23. The first-order chi connectivity index (χ1) is 14.6. The molecule has 0 spiro atoms. The summed E-state index contributed by atoms with van der Waals surface area (Å²) in [4.78, 5) is 17.7. The molecular weight excluding hydrogens is 372 g/mol. The van der Waals surface area contributed by atoms with Gasteiger partial charge < -0.3 is 5.32 Å². The number of nitrogens with zero attached hydrogens (tertiary/aromatic N) is 2. The Kier molecular flexibility index (Phi) is 5.52. The molecule has 0 aliphatic carbocycles. The molecule has 0 bridgehead atoms. The van der Waals surface area contributed by atoms with Crippen LogP contribution in [0.4, 0.5) is 11.5 Å². The van der Waals surface area contributed by atoms with E-state index in [1.807, 2.05) is 86.6 Å². The van der Waals surface area contributed by atoms with Gasteiger partial charge >= 0.3 is 0 Å². The van der Waals surface area contributed by atoms with Crippen LogP contribution in [0.25, 0.3) is 10.9 Å². The summed E-state index contributed by atoms with van der Waals surface area (Å²) in [5.74, 6) is 0.322. The fraction of sp³-hybridized carbons (Fsp3) is 0.0800. The third kappa shape index (κ3) is 4.36. The van der Waals surface area contributed by atoms with Crippen molar-refractivity contribution in [2.75, 3.05) is 10.7 Å². The third-order valence-corrected chi connectivity index (χ3v) is 4.78. The number of amides is 1. The van der Waals surface area contributed by atoms with Gasteiger partial charge in [0.05, 0.1) is 17.3 Å². The molecule has 0 atom stereocenters. The Morgan fingerprint density at radius 2 is 1.70 bits per heavy atom. The van der Waals surface area contributed by atoms with Crippen molar-refractivity contribution < 1.29 is 4.79 Å². The Balaban J connectivity index is 1.64.